The molecule has 1 aromatic heterocycles. The van der Waals surface area contributed by atoms with E-state index in [1.807, 2.05) is 24.3 Å². The lowest BCUT2D eigenvalue weighted by molar-refractivity contribution is 0.519. The van der Waals surface area contributed by atoms with Crippen molar-refractivity contribution in [2.24, 2.45) is 0 Å². The van der Waals surface area contributed by atoms with Crippen molar-refractivity contribution in [3.8, 4) is 0 Å². The molecule has 2 aromatic carbocycles. The monoisotopic (exact) mass is 372 g/mol. The molecule has 1 aliphatic heterocycles. The molecule has 3 aromatic rings. The summed E-state index contributed by atoms with van der Waals surface area (Å²) < 4.78 is 40.8. The minimum absolute atomic E-state index is 0.0813. The lowest BCUT2D eigenvalue weighted by atomic mass is 9.92. The van der Waals surface area contributed by atoms with Crippen molar-refractivity contribution in [2.45, 2.75) is 36.6 Å². The predicted octanol–water partition coefficient (Wildman–Crippen LogP) is 3.87. The van der Waals surface area contributed by atoms with Gasteiger partial charge in [-0.05, 0) is 61.2 Å². The second kappa shape index (κ2) is 6.52. The minimum Gasteiger partial charge on any atom is -0.313 e. The van der Waals surface area contributed by atoms with Gasteiger partial charge in [-0.3, -0.25) is 0 Å². The van der Waals surface area contributed by atoms with Crippen LogP contribution in [0.2, 0.25) is 0 Å². The average molecular weight is 372 g/mol. The van der Waals surface area contributed by atoms with Gasteiger partial charge in [0.05, 0.1) is 10.4 Å². The molecule has 2 heterocycles. The van der Waals surface area contributed by atoms with Crippen LogP contribution in [0.1, 0.15) is 31.2 Å². The highest BCUT2D eigenvalue weighted by Crippen LogP contribution is 2.34. The Morgan fingerprint density at radius 2 is 1.88 bits per heavy atom. The summed E-state index contributed by atoms with van der Waals surface area (Å²) >= 11 is 0. The van der Waals surface area contributed by atoms with Crippen molar-refractivity contribution in [1.82, 2.24) is 9.29 Å². The Labute approximate surface area is 152 Å². The normalized spacial score (nSPS) is 19.1. The summed E-state index contributed by atoms with van der Waals surface area (Å²) in [7, 11) is -3.79. The number of para-hydroxylation sites is 1. The van der Waals surface area contributed by atoms with E-state index in [1.165, 1.54) is 28.2 Å². The topological polar surface area (TPSA) is 51.1 Å². The highest BCUT2D eigenvalue weighted by atomic mass is 32.2. The number of hydrogen-bond donors (Lipinski definition) is 1. The van der Waals surface area contributed by atoms with Crippen LogP contribution in [0.5, 0.6) is 0 Å². The van der Waals surface area contributed by atoms with Crippen molar-refractivity contribution in [3.63, 3.8) is 0 Å². The first-order chi connectivity index (χ1) is 12.5. The zero-order valence-electron chi connectivity index (χ0n) is 14.5. The van der Waals surface area contributed by atoms with Crippen LogP contribution in [0.25, 0.3) is 10.9 Å². The molecule has 0 bridgehead atoms. The first-order valence-corrected chi connectivity index (χ1v) is 10.3. The SMILES string of the molecule is CC(c1cn(S(=O)(=O)c2ccc(F)cc2)c2ccccc12)C1CCCN1. The Morgan fingerprint density at radius 1 is 1.15 bits per heavy atom. The molecule has 0 saturated carbocycles. The number of hydrogen-bond acceptors (Lipinski definition) is 3. The zero-order valence-corrected chi connectivity index (χ0v) is 15.3. The zero-order chi connectivity index (χ0) is 18.3. The average Bonchev–Trinajstić information content (AvgIpc) is 3.30. The van der Waals surface area contributed by atoms with Crippen molar-refractivity contribution >= 4 is 20.9 Å². The fourth-order valence-corrected chi connectivity index (χ4v) is 5.19. The number of nitrogens with zero attached hydrogens (tertiary/aromatic N) is 1. The van der Waals surface area contributed by atoms with E-state index in [0.29, 0.717) is 11.6 Å². The van der Waals surface area contributed by atoms with E-state index >= 15 is 0 Å². The van der Waals surface area contributed by atoms with Crippen molar-refractivity contribution in [1.29, 1.82) is 0 Å². The Bertz CT molecular complexity index is 1040. The molecule has 4 rings (SSSR count). The lowest BCUT2D eigenvalue weighted by Crippen LogP contribution is -2.27. The Hall–Kier alpha value is -2.18. The summed E-state index contributed by atoms with van der Waals surface area (Å²) in [5.41, 5.74) is 1.67. The Kier molecular flexibility index (Phi) is 4.32. The highest BCUT2D eigenvalue weighted by Gasteiger charge is 2.27. The molecule has 6 heteroatoms. The molecule has 0 spiro atoms. The van der Waals surface area contributed by atoms with Crippen LogP contribution in [0.15, 0.2) is 59.6 Å². The van der Waals surface area contributed by atoms with Gasteiger partial charge >= 0.3 is 0 Å². The molecular formula is C20H21FN2O2S. The minimum atomic E-state index is -3.79. The van der Waals surface area contributed by atoms with Crippen LogP contribution in [0.3, 0.4) is 0 Å². The third-order valence-electron chi connectivity index (χ3n) is 5.27. The first kappa shape index (κ1) is 17.2. The fourth-order valence-electron chi connectivity index (χ4n) is 3.81. The van der Waals surface area contributed by atoms with Crippen LogP contribution < -0.4 is 5.32 Å². The number of aromatic nitrogens is 1. The van der Waals surface area contributed by atoms with E-state index in [4.69, 9.17) is 0 Å². The van der Waals surface area contributed by atoms with Gasteiger partial charge in [0, 0.05) is 17.6 Å². The third kappa shape index (κ3) is 2.83. The lowest BCUT2D eigenvalue weighted by Gasteiger charge is -2.18. The van der Waals surface area contributed by atoms with Gasteiger partial charge < -0.3 is 5.32 Å². The van der Waals surface area contributed by atoms with Crippen LogP contribution in [-0.2, 0) is 10.0 Å². The van der Waals surface area contributed by atoms with Crippen LogP contribution in [0.4, 0.5) is 4.39 Å². The van der Waals surface area contributed by atoms with Gasteiger partial charge in [0.15, 0.2) is 0 Å². The molecule has 1 fully saturated rings. The molecule has 136 valence electrons. The summed E-state index contributed by atoms with van der Waals surface area (Å²) in [6, 6.07) is 12.8. The van der Waals surface area contributed by atoms with Gasteiger partial charge in [-0.1, -0.05) is 25.1 Å². The molecule has 2 atom stereocenters. The van der Waals surface area contributed by atoms with Crippen LogP contribution in [-0.4, -0.2) is 25.0 Å². The Morgan fingerprint density at radius 3 is 2.58 bits per heavy atom. The molecule has 0 radical (unpaired) electrons. The fraction of sp³-hybridized carbons (Fsp3) is 0.300. The second-order valence-electron chi connectivity index (χ2n) is 6.85. The summed E-state index contributed by atoms with van der Waals surface area (Å²) in [4.78, 5) is 0.0813. The highest BCUT2D eigenvalue weighted by molar-refractivity contribution is 7.90. The summed E-state index contributed by atoms with van der Waals surface area (Å²) in [6.07, 6.45) is 3.96. The number of rotatable bonds is 4. The van der Waals surface area contributed by atoms with E-state index in [-0.39, 0.29) is 10.8 Å². The van der Waals surface area contributed by atoms with Crippen molar-refractivity contribution < 1.29 is 12.8 Å². The molecule has 0 amide bonds. The number of halogens is 1. The largest absolute Gasteiger partial charge is 0.313 e. The van der Waals surface area contributed by atoms with Gasteiger partial charge in [0.2, 0.25) is 0 Å². The molecule has 26 heavy (non-hydrogen) atoms. The van der Waals surface area contributed by atoms with Gasteiger partial charge in [0.1, 0.15) is 5.82 Å². The maximum Gasteiger partial charge on any atom is 0.268 e. The number of nitrogens with one attached hydrogen (secondary N) is 1. The van der Waals surface area contributed by atoms with Gasteiger partial charge in [0.25, 0.3) is 10.0 Å². The van der Waals surface area contributed by atoms with E-state index in [1.54, 1.807) is 6.20 Å². The molecule has 4 nitrogen and oxygen atoms in total. The van der Waals surface area contributed by atoms with Gasteiger partial charge in [-0.15, -0.1) is 0 Å². The molecule has 1 N–H and O–H groups in total. The number of benzene rings is 2. The van der Waals surface area contributed by atoms with E-state index in [0.717, 1.165) is 30.3 Å². The quantitative estimate of drug-likeness (QED) is 0.756. The van der Waals surface area contributed by atoms with Gasteiger partial charge in [-0.2, -0.15) is 0 Å². The maximum atomic E-state index is 13.2. The molecule has 2 unspecified atom stereocenters. The van der Waals surface area contributed by atoms with E-state index in [9.17, 15) is 12.8 Å². The second-order valence-corrected chi connectivity index (χ2v) is 8.66. The van der Waals surface area contributed by atoms with Crippen molar-refractivity contribution in [3.05, 3.63) is 66.1 Å². The van der Waals surface area contributed by atoms with Crippen LogP contribution in [0, 0.1) is 5.82 Å². The molecule has 0 aliphatic carbocycles. The standard InChI is InChI=1S/C20H21FN2O2S/c1-14(19-6-4-12-22-19)18-13-23(20-7-3-2-5-17(18)20)26(24,25)16-10-8-15(21)9-11-16/h2-3,5,7-11,13-14,19,22H,4,6,12H2,1H3. The first-order valence-electron chi connectivity index (χ1n) is 8.83. The third-order valence-corrected chi connectivity index (χ3v) is 6.96. The summed E-state index contributed by atoms with van der Waals surface area (Å²) in [5.74, 6) is -0.255. The maximum absolute atomic E-state index is 13.2. The van der Waals surface area contributed by atoms with E-state index in [2.05, 4.69) is 12.2 Å². The summed E-state index contributed by atoms with van der Waals surface area (Å²) in [6.45, 7) is 3.14. The Balaban J connectivity index is 1.86. The van der Waals surface area contributed by atoms with Crippen LogP contribution >= 0.6 is 0 Å². The molecular weight excluding hydrogens is 351 g/mol. The smallest absolute Gasteiger partial charge is 0.268 e. The number of fused-ring (bicyclic) bond motifs is 1. The summed E-state index contributed by atoms with van der Waals surface area (Å²) in [5, 5.41) is 4.45. The van der Waals surface area contributed by atoms with Gasteiger partial charge in [-0.25, -0.2) is 16.8 Å². The van der Waals surface area contributed by atoms with Crippen molar-refractivity contribution in [2.75, 3.05) is 6.54 Å². The molecule has 1 saturated heterocycles. The predicted molar refractivity (Wildman–Crippen MR) is 100 cm³/mol. The molecule has 1 aliphatic rings. The van der Waals surface area contributed by atoms with E-state index < -0.39 is 15.8 Å².